The minimum atomic E-state index is -0.637. The number of nitrogens with one attached hydrogen (secondary N) is 1. The van der Waals surface area contributed by atoms with Crippen LogP contribution in [-0.4, -0.2) is 53.2 Å². The Hall–Kier alpha value is -4.04. The molecule has 1 saturated heterocycles. The maximum atomic E-state index is 13.1. The third-order valence-corrected chi connectivity index (χ3v) is 8.50. The van der Waals surface area contributed by atoms with E-state index in [0.29, 0.717) is 18.0 Å². The summed E-state index contributed by atoms with van der Waals surface area (Å²) < 4.78 is 18.9. The molecule has 3 aromatic carbocycles. The van der Waals surface area contributed by atoms with Gasteiger partial charge in [0.25, 0.3) is 0 Å². The van der Waals surface area contributed by atoms with Crippen molar-refractivity contribution < 1.29 is 19.0 Å². The molecule has 4 aromatic rings. The van der Waals surface area contributed by atoms with E-state index in [4.69, 9.17) is 21.3 Å². The van der Waals surface area contributed by atoms with Crippen molar-refractivity contribution in [3.8, 4) is 5.75 Å². The van der Waals surface area contributed by atoms with Crippen LogP contribution >= 0.6 is 11.6 Å². The molecule has 1 aromatic heterocycles. The van der Waals surface area contributed by atoms with Crippen LogP contribution in [0.4, 0.5) is 10.1 Å². The van der Waals surface area contributed by atoms with Gasteiger partial charge in [-0.3, -0.25) is 14.7 Å². The first-order valence-electron chi connectivity index (χ1n) is 15.0. The van der Waals surface area contributed by atoms with Crippen LogP contribution in [0.15, 0.2) is 90.6 Å². The minimum Gasteiger partial charge on any atom is -0.491 e. The van der Waals surface area contributed by atoms with Gasteiger partial charge in [0.05, 0.1) is 12.1 Å². The van der Waals surface area contributed by atoms with Crippen LogP contribution in [0.25, 0.3) is 5.57 Å². The number of aryl methyl sites for hydroxylation is 2. The Bertz CT molecular complexity index is 1650. The number of benzene rings is 3. The highest BCUT2D eigenvalue weighted by atomic mass is 35.5. The van der Waals surface area contributed by atoms with Crippen LogP contribution in [0.2, 0.25) is 5.02 Å². The predicted molar refractivity (Wildman–Crippen MR) is 171 cm³/mol. The van der Waals surface area contributed by atoms with Gasteiger partial charge in [-0.25, -0.2) is 4.39 Å². The zero-order valence-electron chi connectivity index (χ0n) is 24.4. The molecule has 1 aliphatic heterocycles. The van der Waals surface area contributed by atoms with Gasteiger partial charge in [0.1, 0.15) is 24.3 Å². The number of aromatic nitrogens is 1. The fraction of sp³-hybridized carbons (Fsp3) is 0.278. The van der Waals surface area contributed by atoms with Gasteiger partial charge in [-0.05, 0) is 103 Å². The van der Waals surface area contributed by atoms with Crippen molar-refractivity contribution in [2.24, 2.45) is 0 Å². The van der Waals surface area contributed by atoms with E-state index in [1.807, 2.05) is 18.3 Å². The van der Waals surface area contributed by atoms with Crippen molar-refractivity contribution in [3.05, 3.63) is 129 Å². The number of piperidine rings is 1. The third-order valence-electron chi connectivity index (χ3n) is 8.27. The number of carbonyl (C=O) groups is 1. The van der Waals surface area contributed by atoms with Crippen LogP contribution in [0, 0.1) is 5.82 Å². The summed E-state index contributed by atoms with van der Waals surface area (Å²) in [7, 11) is 0. The van der Waals surface area contributed by atoms with Gasteiger partial charge in [0.2, 0.25) is 5.91 Å². The number of hydrogen-bond donors (Lipinski definition) is 2. The molecule has 1 aliphatic carbocycles. The Labute approximate surface area is 262 Å². The molecule has 1 amide bonds. The zero-order valence-corrected chi connectivity index (χ0v) is 25.2. The van der Waals surface area contributed by atoms with Crippen molar-refractivity contribution in [2.75, 3.05) is 31.6 Å². The summed E-state index contributed by atoms with van der Waals surface area (Å²) in [5.74, 6) is 0.100. The fourth-order valence-electron chi connectivity index (χ4n) is 6.06. The molecule has 6 nitrogen and oxygen atoms in total. The summed E-state index contributed by atoms with van der Waals surface area (Å²) in [6.07, 6.45) is 5.11. The van der Waals surface area contributed by atoms with Gasteiger partial charge in [0, 0.05) is 42.1 Å². The first-order valence-corrected chi connectivity index (χ1v) is 15.4. The van der Waals surface area contributed by atoms with E-state index >= 15 is 0 Å². The Morgan fingerprint density at radius 2 is 1.73 bits per heavy atom. The molecule has 0 radical (unpaired) electrons. The van der Waals surface area contributed by atoms with E-state index in [9.17, 15) is 14.3 Å². The first-order chi connectivity index (χ1) is 21.4. The number of fused-ring (bicyclic) bond motifs is 2. The van der Waals surface area contributed by atoms with E-state index in [2.05, 4.69) is 28.4 Å². The van der Waals surface area contributed by atoms with Gasteiger partial charge >= 0.3 is 0 Å². The lowest BCUT2D eigenvalue weighted by Crippen LogP contribution is -2.39. The standard InChI is InChI=1S/C36H35ClFN3O3/c37-28-7-14-33-27(21-28)6-5-26-2-1-17-39-36(26)35(33)25-15-18-41(19-16-25)22-31(42)23-44-32-12-10-30(11-13-32)40-34(43)20-24-3-8-29(38)9-4-24/h1-4,7-14,17,21,31,42H,5-6,15-16,18-20,22-23H2,(H,40,43). The Balaban J connectivity index is 1.01. The van der Waals surface area contributed by atoms with Gasteiger partial charge < -0.3 is 15.2 Å². The largest absolute Gasteiger partial charge is 0.491 e. The second kappa shape index (κ2) is 13.7. The van der Waals surface area contributed by atoms with Crippen LogP contribution < -0.4 is 10.1 Å². The molecule has 0 saturated carbocycles. The smallest absolute Gasteiger partial charge is 0.228 e. The van der Waals surface area contributed by atoms with Crippen LogP contribution in [0.3, 0.4) is 0 Å². The molecule has 2 aliphatic rings. The fourth-order valence-corrected chi connectivity index (χ4v) is 6.25. The Kier molecular flexibility index (Phi) is 9.36. The summed E-state index contributed by atoms with van der Waals surface area (Å²) >= 11 is 6.36. The molecular formula is C36H35ClFN3O3. The number of amides is 1. The molecule has 6 rings (SSSR count). The number of anilines is 1. The minimum absolute atomic E-state index is 0.159. The molecule has 0 spiro atoms. The molecule has 1 unspecified atom stereocenters. The maximum Gasteiger partial charge on any atom is 0.228 e. The van der Waals surface area contributed by atoms with Crippen molar-refractivity contribution in [3.63, 3.8) is 0 Å². The monoisotopic (exact) mass is 611 g/mol. The number of aliphatic hydroxyl groups excluding tert-OH is 1. The van der Waals surface area contributed by atoms with Crippen LogP contribution in [0.1, 0.15) is 40.8 Å². The van der Waals surface area contributed by atoms with Crippen molar-refractivity contribution >= 4 is 28.8 Å². The van der Waals surface area contributed by atoms with E-state index < -0.39 is 6.10 Å². The number of rotatable bonds is 8. The average Bonchev–Trinajstić information content (AvgIpc) is 3.19. The highest BCUT2D eigenvalue weighted by molar-refractivity contribution is 6.30. The second-order valence-corrected chi connectivity index (χ2v) is 11.9. The molecule has 226 valence electrons. The summed E-state index contributed by atoms with van der Waals surface area (Å²) in [4.78, 5) is 19.4. The second-order valence-electron chi connectivity index (χ2n) is 11.4. The molecule has 2 heterocycles. The highest BCUT2D eigenvalue weighted by Gasteiger charge is 2.26. The summed E-state index contributed by atoms with van der Waals surface area (Å²) in [6, 6.07) is 23.3. The number of likely N-dealkylation sites (tertiary alicyclic amines) is 1. The summed E-state index contributed by atoms with van der Waals surface area (Å²) in [6.45, 7) is 2.41. The number of nitrogens with zero attached hydrogens (tertiary/aromatic N) is 2. The number of hydrogen-bond acceptors (Lipinski definition) is 5. The number of β-amino-alcohol motifs (C(OH)–C–C–N with tert-alkyl or cyclic N) is 1. The van der Waals surface area contributed by atoms with Crippen LogP contribution in [-0.2, 0) is 24.1 Å². The number of carbonyl (C=O) groups excluding carboxylic acids is 1. The highest BCUT2D eigenvalue weighted by Crippen LogP contribution is 2.38. The van der Waals surface area contributed by atoms with Gasteiger partial charge in [-0.15, -0.1) is 0 Å². The first kappa shape index (κ1) is 30.0. The van der Waals surface area contributed by atoms with Crippen molar-refractivity contribution in [2.45, 2.75) is 38.2 Å². The van der Waals surface area contributed by atoms with Crippen LogP contribution in [0.5, 0.6) is 5.75 Å². The number of pyridine rings is 1. The lowest BCUT2D eigenvalue weighted by Gasteiger charge is -2.31. The zero-order chi connectivity index (χ0) is 30.5. The van der Waals surface area contributed by atoms with E-state index in [0.717, 1.165) is 55.1 Å². The maximum absolute atomic E-state index is 13.1. The molecule has 1 fully saturated rings. The molecule has 1 atom stereocenters. The lowest BCUT2D eigenvalue weighted by atomic mass is 9.88. The van der Waals surface area contributed by atoms with Gasteiger partial charge in [0.15, 0.2) is 0 Å². The average molecular weight is 612 g/mol. The number of aliphatic hydroxyl groups is 1. The normalized spacial score (nSPS) is 15.6. The topological polar surface area (TPSA) is 74.7 Å². The van der Waals surface area contributed by atoms with E-state index in [1.165, 1.54) is 40.0 Å². The quantitative estimate of drug-likeness (QED) is 0.238. The molecule has 0 bridgehead atoms. The van der Waals surface area contributed by atoms with Crippen molar-refractivity contribution in [1.82, 2.24) is 9.88 Å². The molecule has 44 heavy (non-hydrogen) atoms. The summed E-state index contributed by atoms with van der Waals surface area (Å²) in [5, 5.41) is 14.4. The lowest BCUT2D eigenvalue weighted by molar-refractivity contribution is -0.115. The Morgan fingerprint density at radius 3 is 2.50 bits per heavy atom. The van der Waals surface area contributed by atoms with Gasteiger partial charge in [-0.1, -0.05) is 41.4 Å². The SMILES string of the molecule is O=C(Cc1ccc(F)cc1)Nc1ccc(OCC(O)CN2CCC(=C3c4ccc(Cl)cc4CCc4cccnc43)CC2)cc1. The van der Waals surface area contributed by atoms with Crippen molar-refractivity contribution in [1.29, 1.82) is 0 Å². The molecule has 8 heteroatoms. The number of halogens is 2. The van der Waals surface area contributed by atoms with E-state index in [1.54, 1.807) is 36.4 Å². The third kappa shape index (κ3) is 7.36. The predicted octanol–water partition coefficient (Wildman–Crippen LogP) is 6.49. The van der Waals surface area contributed by atoms with E-state index in [-0.39, 0.29) is 24.8 Å². The number of ether oxygens (including phenoxy) is 1. The van der Waals surface area contributed by atoms with Gasteiger partial charge in [-0.2, -0.15) is 0 Å². The molecular weight excluding hydrogens is 577 g/mol. The summed E-state index contributed by atoms with van der Waals surface area (Å²) in [5.41, 5.74) is 8.91. The molecule has 2 N–H and O–H groups in total. The Morgan fingerprint density at radius 1 is 0.977 bits per heavy atom.